The van der Waals surface area contributed by atoms with Crippen LogP contribution in [0, 0.1) is 76.3 Å². The molecule has 0 aromatic rings. The second-order valence-corrected chi connectivity index (χ2v) is 3.93. The topological polar surface area (TPSA) is 362 Å². The van der Waals surface area contributed by atoms with E-state index in [1.54, 1.807) is 0 Å². The van der Waals surface area contributed by atoms with Crippen LogP contribution in [-0.4, -0.2) is 72.2 Å². The Balaban J connectivity index is -0.0000000156. The number of aliphatic carboxylic acids is 8. The first-order valence-electron chi connectivity index (χ1n) is 8.16. The molecule has 0 saturated carbocycles. The molecule has 0 amide bonds. The van der Waals surface area contributed by atoms with Gasteiger partial charge in [0.15, 0.2) is 0 Å². The summed E-state index contributed by atoms with van der Waals surface area (Å²) in [6.07, 6.45) is 0. The fourth-order valence-electron chi connectivity index (χ4n) is 0. The molecule has 0 heterocycles. The average molecular weight is 907 g/mol. The van der Waals surface area contributed by atoms with Gasteiger partial charge in [-0.2, -0.15) is 0 Å². The van der Waals surface area contributed by atoms with Gasteiger partial charge in [0.05, 0.1) is 0 Å². The van der Waals surface area contributed by atoms with E-state index in [9.17, 15) is 0 Å². The van der Waals surface area contributed by atoms with Gasteiger partial charge in [0, 0.05) is 62.0 Å². The van der Waals surface area contributed by atoms with Crippen molar-refractivity contribution < 1.29 is 225 Å². The molecule has 0 aromatic heterocycles. The zero-order chi connectivity index (χ0) is 32.6. The molecule has 0 aliphatic rings. The molecule has 0 saturated heterocycles. The van der Waals surface area contributed by atoms with Crippen molar-refractivity contribution in [3.8, 4) is 0 Å². The first-order chi connectivity index (χ1) is 15.9. The largest absolute Gasteiger partial charge is 3.00 e. The summed E-state index contributed by atoms with van der Waals surface area (Å²) in [6, 6.07) is 0. The van der Waals surface area contributed by atoms with Gasteiger partial charge in [0.1, 0.15) is 0 Å². The number of carbonyl (C=O) groups is 8. The van der Waals surface area contributed by atoms with Crippen molar-refractivity contribution in [1.29, 1.82) is 0 Å². The van der Waals surface area contributed by atoms with Gasteiger partial charge in [-0.3, -0.25) is 0 Å². The van der Waals surface area contributed by atoms with E-state index in [1.165, 1.54) is 0 Å². The number of aliphatic hydroxyl groups is 2. The Morgan fingerprint density at radius 2 is 0.300 bits per heavy atom. The quantitative estimate of drug-likeness (QED) is 0.213. The molecule has 0 fully saturated rings. The predicted octanol–water partition coefficient (Wildman–Crippen LogP) is -16.7. The first kappa shape index (κ1) is 90.0. The van der Waals surface area contributed by atoms with E-state index in [-0.39, 0.29) is 135 Å². The number of carboxylic acid groups (broad SMARTS) is 8. The normalized spacial score (nSPS) is 5.30. The first-order valence-corrected chi connectivity index (χ1v) is 8.16. The van der Waals surface area contributed by atoms with Crippen LogP contribution in [-0.2, 0) is 38.4 Å². The van der Waals surface area contributed by atoms with E-state index in [2.05, 4.69) is 0 Å². The van der Waals surface area contributed by atoms with Crippen LogP contribution in [0.3, 0.4) is 0 Å². The van der Waals surface area contributed by atoms with Crippen LogP contribution in [0.2, 0.25) is 0 Å². The second-order valence-electron chi connectivity index (χ2n) is 3.93. The molecule has 0 spiro atoms. The van der Waals surface area contributed by atoms with Crippen LogP contribution in [0.25, 0.3) is 0 Å². The van der Waals surface area contributed by atoms with Crippen LogP contribution in [0.1, 0.15) is 55.4 Å². The van der Waals surface area contributed by atoms with Gasteiger partial charge in [0.2, 0.25) is 0 Å². The van der Waals surface area contributed by atoms with E-state index in [0.29, 0.717) is 0 Å². The molecule has 0 atom stereocenters. The number of carbonyl (C=O) groups excluding carboxylic acids is 8. The molecule has 0 bridgehead atoms. The van der Waals surface area contributed by atoms with Crippen molar-refractivity contribution in [3.05, 3.63) is 0 Å². The van der Waals surface area contributed by atoms with Crippen LogP contribution >= 0.6 is 0 Å². The van der Waals surface area contributed by atoms with E-state index in [1.807, 2.05) is 0 Å². The van der Waals surface area contributed by atoms with Crippen LogP contribution in [0.5, 0.6) is 0 Å². The van der Waals surface area contributed by atoms with E-state index in [4.69, 9.17) is 89.4 Å². The molecule has 0 aliphatic carbocycles. The van der Waals surface area contributed by atoms with Crippen LogP contribution in [0.15, 0.2) is 0 Å². The van der Waals surface area contributed by atoms with Crippen molar-refractivity contribution in [3.63, 3.8) is 0 Å². The summed E-state index contributed by atoms with van der Waals surface area (Å²) in [5, 5.41) is 85.1. The molecule has 2 N–H and O–H groups in total. The van der Waals surface area contributed by atoms with E-state index >= 15 is 0 Å². The summed E-state index contributed by atoms with van der Waals surface area (Å²) in [5.74, 6) is -8.67. The molecule has 0 unspecified atom stereocenters. The Bertz CT molecular complexity index is 387. The van der Waals surface area contributed by atoms with Gasteiger partial charge in [-0.05, 0) is 55.4 Å². The number of rotatable bonds is 0. The Labute approximate surface area is 337 Å². The third-order valence-electron chi connectivity index (χ3n) is 0. The zero-order valence-electron chi connectivity index (χ0n) is 24.1. The summed E-state index contributed by atoms with van der Waals surface area (Å²) < 4.78 is 0. The fraction of sp³-hybridized carbons (Fsp3) is 0.556. The SMILES string of the molecule is CC(=O)[O-].CC(=O)[O-].CC(=O)[O-].CC(=O)[O-].CC(=O)[O-].CC(=O)[O-].CC(=O)[O-].CC(=O)[O-].CO.CO.[Dy+3].[Dy+3].[Na+].[Na+]. The molecule has 0 aliphatic heterocycles. The van der Waals surface area contributed by atoms with Crippen LogP contribution in [0.4, 0.5) is 0 Å². The Morgan fingerprint density at radius 3 is 0.300 bits per heavy atom. The molecular weight excluding hydrogens is 875 g/mol. The van der Waals surface area contributed by atoms with Gasteiger partial charge in [-0.25, -0.2) is 0 Å². The van der Waals surface area contributed by atoms with Gasteiger partial charge in [0.25, 0.3) is 0 Å². The molecule has 2 radical (unpaired) electrons. The second kappa shape index (κ2) is 97.7. The Hall–Kier alpha value is 0.225. The molecule has 0 aromatic carbocycles. The fourth-order valence-corrected chi connectivity index (χ4v) is 0. The molecule has 40 heavy (non-hydrogen) atoms. The minimum Gasteiger partial charge on any atom is -0.550 e. The van der Waals surface area contributed by atoms with Crippen LogP contribution < -0.4 is 100.0 Å². The van der Waals surface area contributed by atoms with Crippen molar-refractivity contribution in [1.82, 2.24) is 0 Å². The molecule has 0 rings (SSSR count). The van der Waals surface area contributed by atoms with Crippen molar-refractivity contribution in [2.75, 3.05) is 14.2 Å². The molecule has 234 valence electrons. The third-order valence-corrected chi connectivity index (χ3v) is 0. The maximum absolute atomic E-state index is 8.89. The van der Waals surface area contributed by atoms with Gasteiger partial charge in [-0.1, -0.05) is 0 Å². The monoisotopic (exact) mass is 910 g/mol. The molecule has 18 nitrogen and oxygen atoms in total. The number of carboxylic acids is 8. The van der Waals surface area contributed by atoms with Gasteiger partial charge < -0.3 is 89.4 Å². The average Bonchev–Trinajstić information content (AvgIpc) is 2.53. The molecular formula is C18H32Dy2Na2O18. The maximum Gasteiger partial charge on any atom is 3.00 e. The van der Waals surface area contributed by atoms with Crippen molar-refractivity contribution in [2.45, 2.75) is 55.4 Å². The number of hydrogen-bond acceptors (Lipinski definition) is 18. The number of aliphatic hydroxyl groups excluding tert-OH is 2. The summed E-state index contributed by atoms with van der Waals surface area (Å²) in [6.45, 7) is 7.78. The van der Waals surface area contributed by atoms with Gasteiger partial charge >= 0.3 is 135 Å². The van der Waals surface area contributed by atoms with Crippen molar-refractivity contribution in [2.24, 2.45) is 0 Å². The summed E-state index contributed by atoms with van der Waals surface area (Å²) in [5.41, 5.74) is 0. The van der Waals surface area contributed by atoms with Crippen molar-refractivity contribution >= 4 is 47.8 Å². The minimum atomic E-state index is -1.08. The third kappa shape index (κ3) is 1040000. The van der Waals surface area contributed by atoms with Gasteiger partial charge in [-0.15, -0.1) is 0 Å². The predicted molar refractivity (Wildman–Crippen MR) is 102 cm³/mol. The maximum atomic E-state index is 8.89. The summed E-state index contributed by atoms with van der Waals surface area (Å²) >= 11 is 0. The number of hydrogen-bond donors (Lipinski definition) is 2. The Morgan fingerprint density at radius 1 is 0.300 bits per heavy atom. The summed E-state index contributed by atoms with van der Waals surface area (Å²) in [7, 11) is 2.00. The standard InChI is InChI=1S/8C2H4O2.2CH4O.2Dy.2Na/c8*1-2(3)4;2*1-2;;;;/h8*1H3,(H,3,4);2*2H,1H3;;;;/q;;;;;;;;;;2*+3;2*+1/p-8. The van der Waals surface area contributed by atoms with E-state index in [0.717, 1.165) is 69.6 Å². The Kier molecular flexibility index (Phi) is 220. The smallest absolute Gasteiger partial charge is 0.550 e. The summed E-state index contributed by atoms with van der Waals surface area (Å²) in [4.78, 5) is 71.1. The minimum absolute atomic E-state index is 0. The van der Waals surface area contributed by atoms with E-state index < -0.39 is 47.8 Å². The zero-order valence-corrected chi connectivity index (χ0v) is 32.1. The molecule has 22 heteroatoms.